The quantitative estimate of drug-likeness (QED) is 0.674. The number of hydrogen-bond acceptors (Lipinski definition) is 5. The van der Waals surface area contributed by atoms with Crippen LogP contribution >= 0.6 is 22.9 Å². The van der Waals surface area contributed by atoms with Crippen LogP contribution in [0.15, 0.2) is 42.6 Å². The average molecular weight is 372 g/mol. The van der Waals surface area contributed by atoms with Crippen LogP contribution in [0, 0.1) is 6.92 Å². The number of hydrogen-bond donors (Lipinski definition) is 2. The number of nitrogens with one attached hydrogen (secondary N) is 2. The zero-order valence-corrected chi connectivity index (χ0v) is 14.9. The van der Waals surface area contributed by atoms with Gasteiger partial charge < -0.3 is 15.4 Å². The highest BCUT2D eigenvalue weighted by Gasteiger charge is 2.21. The van der Waals surface area contributed by atoms with Gasteiger partial charge in [0.05, 0.1) is 17.8 Å². The van der Waals surface area contributed by atoms with Gasteiger partial charge in [-0.25, -0.2) is 4.98 Å². The van der Waals surface area contributed by atoms with Crippen LogP contribution in [0.2, 0.25) is 4.47 Å². The zero-order chi connectivity index (χ0) is 17.4. The van der Waals surface area contributed by atoms with Crippen LogP contribution in [-0.4, -0.2) is 10.9 Å². The second kappa shape index (κ2) is 6.38. The molecule has 1 aromatic heterocycles. The van der Waals surface area contributed by atoms with Crippen LogP contribution in [0.5, 0.6) is 11.5 Å². The molecule has 0 saturated carbocycles. The molecule has 0 unspecified atom stereocenters. The maximum atomic E-state index is 12.6. The summed E-state index contributed by atoms with van der Waals surface area (Å²) in [5, 5.41) is 6.18. The van der Waals surface area contributed by atoms with E-state index in [2.05, 4.69) is 15.6 Å². The van der Waals surface area contributed by atoms with Crippen molar-refractivity contribution in [2.45, 2.75) is 13.5 Å². The fourth-order valence-electron chi connectivity index (χ4n) is 2.60. The van der Waals surface area contributed by atoms with Crippen molar-refractivity contribution in [2.24, 2.45) is 0 Å². The smallest absolute Gasteiger partial charge is 0.259 e. The Morgan fingerprint density at radius 3 is 2.88 bits per heavy atom. The Hall–Kier alpha value is -2.57. The van der Waals surface area contributed by atoms with Crippen molar-refractivity contribution >= 4 is 40.2 Å². The van der Waals surface area contributed by atoms with E-state index in [1.165, 1.54) is 11.3 Å². The fraction of sp³-hybridized carbons (Fsp3) is 0.111. The van der Waals surface area contributed by atoms with Gasteiger partial charge in [-0.1, -0.05) is 17.7 Å². The summed E-state index contributed by atoms with van der Waals surface area (Å²) in [4.78, 5) is 17.6. The number of amides is 1. The Balaban J connectivity index is 1.59. The Kier molecular flexibility index (Phi) is 4.07. The van der Waals surface area contributed by atoms with E-state index in [9.17, 15) is 4.79 Å². The van der Waals surface area contributed by atoms with E-state index < -0.39 is 0 Å². The molecule has 3 aromatic rings. The third-order valence-electron chi connectivity index (χ3n) is 3.82. The third kappa shape index (κ3) is 3.31. The lowest BCUT2D eigenvalue weighted by atomic mass is 10.1. The Bertz CT molecular complexity index is 971. The van der Waals surface area contributed by atoms with Crippen molar-refractivity contribution in [3.05, 3.63) is 63.1 Å². The lowest BCUT2D eigenvalue weighted by molar-refractivity contribution is 0.102. The normalized spacial score (nSPS) is 12.5. The molecule has 25 heavy (non-hydrogen) atoms. The number of aromatic nitrogens is 1. The number of carbonyl (C=O) groups is 1. The molecule has 1 amide bonds. The van der Waals surface area contributed by atoms with Gasteiger partial charge in [-0.2, -0.15) is 0 Å². The number of ether oxygens (including phenoxy) is 1. The second-order valence-corrected chi connectivity index (χ2v) is 7.40. The van der Waals surface area contributed by atoms with Crippen molar-refractivity contribution in [1.82, 2.24) is 4.98 Å². The largest absolute Gasteiger partial charge is 0.454 e. The van der Waals surface area contributed by atoms with Crippen molar-refractivity contribution in [3.63, 3.8) is 0 Å². The predicted octanol–water partition coefficient (Wildman–Crippen LogP) is 5.08. The van der Waals surface area contributed by atoms with Crippen LogP contribution < -0.4 is 15.4 Å². The first-order chi connectivity index (χ1) is 12.1. The predicted molar refractivity (Wildman–Crippen MR) is 100 cm³/mol. The number of anilines is 2. The molecule has 0 aliphatic carbocycles. The van der Waals surface area contributed by atoms with Crippen LogP contribution in [0.3, 0.4) is 0 Å². The Morgan fingerprint density at radius 1 is 1.24 bits per heavy atom. The zero-order valence-electron chi connectivity index (χ0n) is 13.3. The first-order valence-electron chi connectivity index (χ1n) is 7.66. The van der Waals surface area contributed by atoms with Gasteiger partial charge in [-0.05, 0) is 42.8 Å². The number of nitrogens with zero attached hydrogens (tertiary/aromatic N) is 1. The minimum Gasteiger partial charge on any atom is -0.454 e. The summed E-state index contributed by atoms with van der Waals surface area (Å²) in [7, 11) is 0. The molecule has 4 rings (SSSR count). The maximum Gasteiger partial charge on any atom is 0.259 e. The summed E-state index contributed by atoms with van der Waals surface area (Å²) in [6.07, 6.45) is 1.73. The van der Waals surface area contributed by atoms with Crippen LogP contribution in [0.1, 0.15) is 20.8 Å². The summed E-state index contributed by atoms with van der Waals surface area (Å²) >= 11 is 7.26. The minimum absolute atomic E-state index is 0.191. The second-order valence-electron chi connectivity index (χ2n) is 5.70. The number of thiazole rings is 1. The van der Waals surface area contributed by atoms with Crippen molar-refractivity contribution in [2.75, 3.05) is 10.6 Å². The highest BCUT2D eigenvalue weighted by Crippen LogP contribution is 2.37. The molecule has 0 spiro atoms. The van der Waals surface area contributed by atoms with Gasteiger partial charge in [0.2, 0.25) is 0 Å². The molecule has 2 aromatic carbocycles. The van der Waals surface area contributed by atoms with E-state index in [1.807, 2.05) is 31.2 Å². The molecule has 1 aliphatic rings. The standard InChI is InChI=1S/C18H14ClN3O2S/c1-10-2-4-16-14(6-10)22-17(23)13-7-11(3-5-15(13)24-16)20-8-12-9-21-18(19)25-12/h2-7,9,20H,8H2,1H3,(H,22,23). The van der Waals surface area contributed by atoms with Crippen molar-refractivity contribution in [3.8, 4) is 11.5 Å². The molecule has 2 heterocycles. The highest BCUT2D eigenvalue weighted by atomic mass is 35.5. The molecular weight excluding hydrogens is 358 g/mol. The van der Waals surface area contributed by atoms with E-state index in [0.717, 1.165) is 16.1 Å². The molecule has 7 heteroatoms. The third-order valence-corrected chi connectivity index (χ3v) is 4.93. The van der Waals surface area contributed by atoms with E-state index in [1.54, 1.807) is 18.3 Å². The average Bonchev–Trinajstić information content (AvgIpc) is 2.95. The number of aryl methyl sites for hydroxylation is 1. The van der Waals surface area contributed by atoms with E-state index in [4.69, 9.17) is 16.3 Å². The SMILES string of the molecule is Cc1ccc2c(c1)NC(=O)c1cc(NCc3cnc(Cl)s3)ccc1O2. The summed E-state index contributed by atoms with van der Waals surface area (Å²) in [5.41, 5.74) is 3.04. The monoisotopic (exact) mass is 371 g/mol. The van der Waals surface area contributed by atoms with Crippen molar-refractivity contribution in [1.29, 1.82) is 0 Å². The molecule has 2 N–H and O–H groups in total. The summed E-state index contributed by atoms with van der Waals surface area (Å²) in [6, 6.07) is 11.2. The number of fused-ring (bicyclic) bond motifs is 2. The number of rotatable bonds is 3. The van der Waals surface area contributed by atoms with E-state index >= 15 is 0 Å². The summed E-state index contributed by atoms with van der Waals surface area (Å²) in [6.45, 7) is 2.56. The lowest BCUT2D eigenvalue weighted by Gasteiger charge is -2.10. The summed E-state index contributed by atoms with van der Waals surface area (Å²) < 4.78 is 6.43. The van der Waals surface area contributed by atoms with E-state index in [-0.39, 0.29) is 5.91 Å². The van der Waals surface area contributed by atoms with Gasteiger partial charge in [0.25, 0.3) is 5.91 Å². The molecule has 0 radical (unpaired) electrons. The van der Waals surface area contributed by atoms with Gasteiger partial charge in [0, 0.05) is 16.8 Å². The summed E-state index contributed by atoms with van der Waals surface area (Å²) in [5.74, 6) is 0.980. The van der Waals surface area contributed by atoms with Gasteiger partial charge in [0.15, 0.2) is 10.2 Å². The molecule has 0 bridgehead atoms. The van der Waals surface area contributed by atoms with E-state index in [0.29, 0.717) is 33.8 Å². The highest BCUT2D eigenvalue weighted by molar-refractivity contribution is 7.15. The molecule has 1 aliphatic heterocycles. The van der Waals surface area contributed by atoms with Gasteiger partial charge >= 0.3 is 0 Å². The fourth-order valence-corrected chi connectivity index (χ4v) is 3.52. The molecular formula is C18H14ClN3O2S. The Labute approximate surface area is 153 Å². The first-order valence-corrected chi connectivity index (χ1v) is 8.86. The minimum atomic E-state index is -0.191. The first kappa shape index (κ1) is 15.9. The van der Waals surface area contributed by atoms with Crippen molar-refractivity contribution < 1.29 is 9.53 Å². The number of halogens is 1. The molecule has 126 valence electrons. The van der Waals surface area contributed by atoms with Gasteiger partial charge in [0.1, 0.15) is 5.75 Å². The van der Waals surface area contributed by atoms with Crippen LogP contribution in [-0.2, 0) is 6.54 Å². The molecule has 0 atom stereocenters. The van der Waals surface area contributed by atoms with Crippen LogP contribution in [0.25, 0.3) is 0 Å². The number of benzene rings is 2. The molecule has 0 saturated heterocycles. The van der Waals surface area contributed by atoms with Gasteiger partial charge in [-0.3, -0.25) is 4.79 Å². The molecule has 5 nitrogen and oxygen atoms in total. The topological polar surface area (TPSA) is 63.2 Å². The van der Waals surface area contributed by atoms with Gasteiger partial charge in [-0.15, -0.1) is 11.3 Å². The molecule has 0 fully saturated rings. The maximum absolute atomic E-state index is 12.6. The Morgan fingerprint density at radius 2 is 2.08 bits per heavy atom. The van der Waals surface area contributed by atoms with Crippen LogP contribution in [0.4, 0.5) is 11.4 Å². The lowest BCUT2D eigenvalue weighted by Crippen LogP contribution is -2.11. The number of carbonyl (C=O) groups excluding carboxylic acids is 1.